The first kappa shape index (κ1) is 11.6. The molecule has 3 rings (SSSR count). The van der Waals surface area contributed by atoms with Gasteiger partial charge in [0.2, 0.25) is 5.78 Å². The van der Waals surface area contributed by atoms with E-state index in [0.717, 1.165) is 16.5 Å². The van der Waals surface area contributed by atoms with Crippen LogP contribution in [-0.2, 0) is 0 Å². The maximum absolute atomic E-state index is 12.3. The number of aromatic nitrogens is 1. The summed E-state index contributed by atoms with van der Waals surface area (Å²) in [6.07, 6.45) is 0. The lowest BCUT2D eigenvalue weighted by Gasteiger charge is -2.03. The molecule has 2 nitrogen and oxygen atoms in total. The fourth-order valence-corrected chi connectivity index (χ4v) is 2.09. The van der Waals surface area contributed by atoms with Gasteiger partial charge < -0.3 is 0 Å². The minimum absolute atomic E-state index is 0.0380. The maximum atomic E-state index is 12.3. The van der Waals surface area contributed by atoms with Crippen molar-refractivity contribution in [3.63, 3.8) is 0 Å². The lowest BCUT2D eigenvalue weighted by atomic mass is 10.1. The second kappa shape index (κ2) is 4.65. The topological polar surface area (TPSA) is 30.0 Å². The highest BCUT2D eigenvalue weighted by atomic mass is 16.1. The Labute approximate surface area is 111 Å². The van der Waals surface area contributed by atoms with E-state index in [1.54, 1.807) is 6.07 Å². The van der Waals surface area contributed by atoms with E-state index < -0.39 is 0 Å². The summed E-state index contributed by atoms with van der Waals surface area (Å²) in [7, 11) is 0. The lowest BCUT2D eigenvalue weighted by Crippen LogP contribution is -2.03. The van der Waals surface area contributed by atoms with Crippen LogP contribution in [-0.4, -0.2) is 10.8 Å². The van der Waals surface area contributed by atoms with E-state index in [-0.39, 0.29) is 5.78 Å². The first-order valence-corrected chi connectivity index (χ1v) is 6.21. The second-order valence-electron chi connectivity index (χ2n) is 4.59. The molecule has 0 saturated heterocycles. The van der Waals surface area contributed by atoms with Crippen molar-refractivity contribution in [1.82, 2.24) is 4.98 Å². The number of rotatable bonds is 2. The van der Waals surface area contributed by atoms with Crippen LogP contribution in [0.5, 0.6) is 0 Å². The molecule has 0 atom stereocenters. The molecule has 0 saturated carbocycles. The molecule has 3 aromatic rings. The van der Waals surface area contributed by atoms with Gasteiger partial charge in [-0.15, -0.1) is 0 Å². The third kappa shape index (κ3) is 2.25. The Morgan fingerprint density at radius 2 is 1.68 bits per heavy atom. The van der Waals surface area contributed by atoms with Gasteiger partial charge in [0, 0.05) is 10.9 Å². The van der Waals surface area contributed by atoms with Gasteiger partial charge >= 0.3 is 0 Å². The normalized spacial score (nSPS) is 10.6. The van der Waals surface area contributed by atoms with Crippen LogP contribution in [0.1, 0.15) is 21.6 Å². The lowest BCUT2D eigenvalue weighted by molar-refractivity contribution is 0.103. The highest BCUT2D eigenvalue weighted by Gasteiger charge is 2.10. The Hall–Kier alpha value is -2.48. The molecule has 0 radical (unpaired) electrons. The second-order valence-corrected chi connectivity index (χ2v) is 4.59. The van der Waals surface area contributed by atoms with Gasteiger partial charge in [-0.25, -0.2) is 4.98 Å². The summed E-state index contributed by atoms with van der Waals surface area (Å²) < 4.78 is 0. The third-order valence-electron chi connectivity index (χ3n) is 3.12. The average molecular weight is 247 g/mol. The molecule has 1 aromatic heterocycles. The average Bonchev–Trinajstić information content (AvgIpc) is 2.46. The smallest absolute Gasteiger partial charge is 0.211 e. The summed E-state index contributed by atoms with van der Waals surface area (Å²) in [5.74, 6) is -0.0380. The minimum atomic E-state index is -0.0380. The summed E-state index contributed by atoms with van der Waals surface area (Å²) >= 11 is 0. The number of aryl methyl sites for hydroxylation is 1. The molecule has 0 aliphatic rings. The molecule has 2 heteroatoms. The zero-order chi connectivity index (χ0) is 13.2. The Morgan fingerprint density at radius 3 is 2.47 bits per heavy atom. The molecule has 0 aliphatic carbocycles. The summed E-state index contributed by atoms with van der Waals surface area (Å²) in [5, 5.41) is 1.05. The largest absolute Gasteiger partial charge is 0.287 e. The Balaban J connectivity index is 2.08. The van der Waals surface area contributed by atoms with Crippen molar-refractivity contribution in [3.05, 3.63) is 77.5 Å². The van der Waals surface area contributed by atoms with Crippen LogP contribution in [0.2, 0.25) is 0 Å². The molecule has 0 bridgehead atoms. The van der Waals surface area contributed by atoms with Crippen molar-refractivity contribution < 1.29 is 4.79 Å². The molecular formula is C17H13NO. The van der Waals surface area contributed by atoms with Crippen molar-refractivity contribution >= 4 is 16.7 Å². The number of carbonyl (C=O) groups is 1. The number of carbonyl (C=O) groups excluding carboxylic acids is 1. The van der Waals surface area contributed by atoms with Crippen LogP contribution in [0, 0.1) is 6.92 Å². The van der Waals surface area contributed by atoms with E-state index in [4.69, 9.17) is 0 Å². The number of ketones is 1. The minimum Gasteiger partial charge on any atom is -0.287 e. The highest BCUT2D eigenvalue weighted by Crippen LogP contribution is 2.16. The van der Waals surface area contributed by atoms with E-state index >= 15 is 0 Å². The fraction of sp³-hybridized carbons (Fsp3) is 0.0588. The zero-order valence-electron chi connectivity index (χ0n) is 10.6. The molecule has 2 aromatic carbocycles. The first-order chi connectivity index (χ1) is 9.24. The van der Waals surface area contributed by atoms with Gasteiger partial charge in [-0.05, 0) is 24.6 Å². The maximum Gasteiger partial charge on any atom is 0.211 e. The van der Waals surface area contributed by atoms with Gasteiger partial charge in [-0.2, -0.15) is 0 Å². The molecule has 0 fully saturated rings. The molecule has 0 aliphatic heterocycles. The van der Waals surface area contributed by atoms with E-state index in [9.17, 15) is 4.79 Å². The summed E-state index contributed by atoms with van der Waals surface area (Å²) in [6, 6.07) is 19.0. The molecule has 19 heavy (non-hydrogen) atoms. The van der Waals surface area contributed by atoms with Crippen LogP contribution in [0.25, 0.3) is 10.9 Å². The number of hydrogen-bond acceptors (Lipinski definition) is 2. The fourth-order valence-electron chi connectivity index (χ4n) is 2.09. The number of fused-ring (bicyclic) bond motifs is 1. The van der Waals surface area contributed by atoms with Gasteiger partial charge in [0.25, 0.3) is 0 Å². The number of nitrogens with zero attached hydrogens (tertiary/aromatic N) is 1. The monoisotopic (exact) mass is 247 g/mol. The van der Waals surface area contributed by atoms with E-state index in [2.05, 4.69) is 4.98 Å². The van der Waals surface area contributed by atoms with Gasteiger partial charge in [0.15, 0.2) is 0 Å². The van der Waals surface area contributed by atoms with Gasteiger partial charge in [-0.1, -0.05) is 48.5 Å². The Morgan fingerprint density at radius 1 is 0.947 bits per heavy atom. The molecule has 0 spiro atoms. The molecule has 92 valence electrons. The standard InChI is InChI=1S/C17H13NO/c1-12-7-8-13-9-10-15(18-16(13)11-12)17(19)14-5-3-2-4-6-14/h2-11H,1H3. The zero-order valence-corrected chi connectivity index (χ0v) is 10.6. The van der Waals surface area contributed by atoms with Gasteiger partial charge in [-0.3, -0.25) is 4.79 Å². The number of benzene rings is 2. The molecule has 0 unspecified atom stereocenters. The third-order valence-corrected chi connectivity index (χ3v) is 3.12. The highest BCUT2D eigenvalue weighted by molar-refractivity contribution is 6.08. The van der Waals surface area contributed by atoms with Crippen molar-refractivity contribution in [2.45, 2.75) is 6.92 Å². The molecule has 0 N–H and O–H groups in total. The SMILES string of the molecule is Cc1ccc2ccc(C(=O)c3ccccc3)nc2c1. The van der Waals surface area contributed by atoms with Crippen molar-refractivity contribution in [3.8, 4) is 0 Å². The molecular weight excluding hydrogens is 234 g/mol. The van der Waals surface area contributed by atoms with Crippen LogP contribution in [0.4, 0.5) is 0 Å². The van der Waals surface area contributed by atoms with E-state index in [1.165, 1.54) is 0 Å². The quantitative estimate of drug-likeness (QED) is 0.645. The van der Waals surface area contributed by atoms with Crippen molar-refractivity contribution in [2.24, 2.45) is 0 Å². The first-order valence-electron chi connectivity index (χ1n) is 6.21. The molecule has 1 heterocycles. The van der Waals surface area contributed by atoms with Crippen LogP contribution >= 0.6 is 0 Å². The Kier molecular flexibility index (Phi) is 2.84. The van der Waals surface area contributed by atoms with E-state index in [0.29, 0.717) is 11.3 Å². The summed E-state index contributed by atoms with van der Waals surface area (Å²) in [6.45, 7) is 2.02. The van der Waals surface area contributed by atoms with E-state index in [1.807, 2.05) is 61.5 Å². The van der Waals surface area contributed by atoms with Crippen molar-refractivity contribution in [1.29, 1.82) is 0 Å². The number of pyridine rings is 1. The molecule has 0 amide bonds. The predicted molar refractivity (Wildman–Crippen MR) is 76.4 cm³/mol. The summed E-state index contributed by atoms with van der Waals surface area (Å²) in [5.41, 5.74) is 3.16. The van der Waals surface area contributed by atoms with Gasteiger partial charge in [0.1, 0.15) is 5.69 Å². The van der Waals surface area contributed by atoms with Crippen LogP contribution in [0.15, 0.2) is 60.7 Å². The van der Waals surface area contributed by atoms with Crippen LogP contribution in [0.3, 0.4) is 0 Å². The summed E-state index contributed by atoms with van der Waals surface area (Å²) in [4.78, 5) is 16.8. The van der Waals surface area contributed by atoms with Crippen molar-refractivity contribution in [2.75, 3.05) is 0 Å². The van der Waals surface area contributed by atoms with Gasteiger partial charge in [0.05, 0.1) is 5.52 Å². The number of hydrogen-bond donors (Lipinski definition) is 0. The predicted octanol–water partition coefficient (Wildman–Crippen LogP) is 3.77. The Bertz CT molecular complexity index is 748. The van der Waals surface area contributed by atoms with Crippen LogP contribution < -0.4 is 0 Å².